The van der Waals surface area contributed by atoms with Gasteiger partial charge in [-0.3, -0.25) is 4.79 Å². The van der Waals surface area contributed by atoms with Crippen molar-refractivity contribution >= 4 is 12.0 Å². The molecule has 1 aromatic carbocycles. The molecule has 4 rings (SSSR count). The lowest BCUT2D eigenvalue weighted by Crippen LogP contribution is -2.53. The lowest BCUT2D eigenvalue weighted by Gasteiger charge is -2.43. The molecule has 0 aromatic heterocycles. The van der Waals surface area contributed by atoms with Gasteiger partial charge in [-0.1, -0.05) is 12.1 Å². The highest BCUT2D eigenvalue weighted by atomic mass is 19.1. The molecule has 1 aromatic rings. The number of urea groups is 1. The number of hydrogen-bond donors (Lipinski definition) is 0. The van der Waals surface area contributed by atoms with Crippen molar-refractivity contribution in [2.24, 2.45) is 5.92 Å². The topological polar surface area (TPSA) is 49.9 Å². The van der Waals surface area contributed by atoms with Gasteiger partial charge in [-0.05, 0) is 62.1 Å². The Morgan fingerprint density at radius 3 is 2.15 bits per heavy atom. The molecule has 3 saturated heterocycles. The number of hydrogen-bond acceptors (Lipinski definition) is 3. The molecular weight excluding hydrogens is 347 g/mol. The minimum absolute atomic E-state index is 0.0833. The summed E-state index contributed by atoms with van der Waals surface area (Å²) >= 11 is 0. The highest BCUT2D eigenvalue weighted by Crippen LogP contribution is 2.43. The summed E-state index contributed by atoms with van der Waals surface area (Å²) in [4.78, 5) is 28.8. The highest BCUT2D eigenvalue weighted by Gasteiger charge is 2.45. The number of ether oxygens (including phenoxy) is 1. The van der Waals surface area contributed by atoms with Crippen LogP contribution in [0.5, 0.6) is 0 Å². The van der Waals surface area contributed by atoms with Crippen LogP contribution in [0.3, 0.4) is 0 Å². The summed E-state index contributed by atoms with van der Waals surface area (Å²) in [6.07, 6.45) is 5.36. The number of likely N-dealkylation sites (tertiary alicyclic amines) is 1. The zero-order valence-electron chi connectivity index (χ0n) is 15.8. The van der Waals surface area contributed by atoms with Gasteiger partial charge >= 0.3 is 12.0 Å². The molecule has 3 aliphatic rings. The van der Waals surface area contributed by atoms with Gasteiger partial charge in [0.2, 0.25) is 0 Å². The molecule has 146 valence electrons. The normalized spacial score (nSPS) is 28.3. The van der Waals surface area contributed by atoms with E-state index in [1.807, 2.05) is 17.0 Å². The molecule has 2 amide bonds. The SMILES string of the molecule is COC(=O)C1CCN(C(=O)N2[C@@H]3CC[C@H]2CC(c2ccc(F)cc2)C3)CC1. The first-order chi connectivity index (χ1) is 13.1. The number of benzene rings is 1. The molecule has 3 heterocycles. The smallest absolute Gasteiger partial charge is 0.320 e. The fourth-order valence-corrected chi connectivity index (χ4v) is 5.13. The number of amides is 2. The largest absolute Gasteiger partial charge is 0.469 e. The minimum Gasteiger partial charge on any atom is -0.469 e. The van der Waals surface area contributed by atoms with Crippen LogP contribution in [0.25, 0.3) is 0 Å². The van der Waals surface area contributed by atoms with Crippen molar-refractivity contribution in [2.45, 2.75) is 56.5 Å². The van der Waals surface area contributed by atoms with Crippen molar-refractivity contribution in [3.8, 4) is 0 Å². The molecule has 3 aliphatic heterocycles. The Hall–Kier alpha value is -2.11. The quantitative estimate of drug-likeness (QED) is 0.744. The molecule has 3 atom stereocenters. The van der Waals surface area contributed by atoms with E-state index in [0.717, 1.165) is 25.7 Å². The van der Waals surface area contributed by atoms with E-state index in [2.05, 4.69) is 4.90 Å². The maximum absolute atomic E-state index is 13.2. The molecule has 0 N–H and O–H groups in total. The van der Waals surface area contributed by atoms with Crippen molar-refractivity contribution < 1.29 is 18.7 Å². The number of esters is 1. The van der Waals surface area contributed by atoms with Crippen LogP contribution in [0.4, 0.5) is 9.18 Å². The van der Waals surface area contributed by atoms with Crippen LogP contribution in [0, 0.1) is 11.7 Å². The van der Waals surface area contributed by atoms with Crippen LogP contribution in [-0.2, 0) is 9.53 Å². The standard InChI is InChI=1S/C21H27FN2O3/c1-27-20(25)15-8-10-23(11-9-15)21(26)24-18-6-7-19(24)13-16(12-18)14-2-4-17(22)5-3-14/h2-5,15-16,18-19H,6-13H2,1H3/t16?,18-,19+. The van der Waals surface area contributed by atoms with Crippen LogP contribution >= 0.6 is 0 Å². The maximum Gasteiger partial charge on any atom is 0.320 e. The third-order valence-electron chi connectivity index (χ3n) is 6.60. The van der Waals surface area contributed by atoms with Gasteiger partial charge in [0.15, 0.2) is 0 Å². The van der Waals surface area contributed by atoms with E-state index >= 15 is 0 Å². The van der Waals surface area contributed by atoms with E-state index < -0.39 is 0 Å². The molecule has 5 nitrogen and oxygen atoms in total. The first-order valence-electron chi connectivity index (χ1n) is 9.97. The number of fused-ring (bicyclic) bond motifs is 2. The van der Waals surface area contributed by atoms with Gasteiger partial charge in [0.25, 0.3) is 0 Å². The lowest BCUT2D eigenvalue weighted by atomic mass is 9.85. The lowest BCUT2D eigenvalue weighted by molar-refractivity contribution is -0.146. The van der Waals surface area contributed by atoms with Gasteiger partial charge in [0.1, 0.15) is 5.82 Å². The minimum atomic E-state index is -0.204. The van der Waals surface area contributed by atoms with Gasteiger partial charge < -0.3 is 14.5 Å². The van der Waals surface area contributed by atoms with E-state index in [-0.39, 0.29) is 35.8 Å². The first-order valence-corrected chi connectivity index (χ1v) is 9.97. The number of carbonyl (C=O) groups is 2. The molecule has 1 unspecified atom stereocenters. The Bertz CT molecular complexity index is 686. The van der Waals surface area contributed by atoms with Gasteiger partial charge in [-0.2, -0.15) is 0 Å². The van der Waals surface area contributed by atoms with Gasteiger partial charge in [0, 0.05) is 25.2 Å². The molecule has 0 saturated carbocycles. The summed E-state index contributed by atoms with van der Waals surface area (Å²) in [6.45, 7) is 1.24. The van der Waals surface area contributed by atoms with Crippen LogP contribution in [0.2, 0.25) is 0 Å². The number of rotatable bonds is 2. The third kappa shape index (κ3) is 3.54. The summed E-state index contributed by atoms with van der Waals surface area (Å²) in [7, 11) is 1.42. The molecule has 27 heavy (non-hydrogen) atoms. The van der Waals surface area contributed by atoms with Crippen molar-refractivity contribution in [2.75, 3.05) is 20.2 Å². The zero-order valence-corrected chi connectivity index (χ0v) is 15.8. The second-order valence-corrected chi connectivity index (χ2v) is 8.08. The summed E-state index contributed by atoms with van der Waals surface area (Å²) in [5, 5.41) is 0. The van der Waals surface area contributed by atoms with Gasteiger partial charge in [0.05, 0.1) is 13.0 Å². The maximum atomic E-state index is 13.2. The first kappa shape index (κ1) is 18.3. The summed E-state index contributed by atoms with van der Waals surface area (Å²) < 4.78 is 18.0. The Balaban J connectivity index is 1.39. The molecule has 2 bridgehead atoms. The van der Waals surface area contributed by atoms with Crippen LogP contribution < -0.4 is 0 Å². The van der Waals surface area contributed by atoms with Crippen molar-refractivity contribution in [1.29, 1.82) is 0 Å². The van der Waals surface area contributed by atoms with Crippen molar-refractivity contribution in [1.82, 2.24) is 9.80 Å². The van der Waals surface area contributed by atoms with Crippen LogP contribution in [-0.4, -0.2) is 54.1 Å². The summed E-state index contributed by atoms with van der Waals surface area (Å²) in [5.41, 5.74) is 1.18. The van der Waals surface area contributed by atoms with E-state index in [4.69, 9.17) is 4.74 Å². The monoisotopic (exact) mass is 374 g/mol. The zero-order chi connectivity index (χ0) is 19.0. The molecular formula is C21H27FN2O3. The fraction of sp³-hybridized carbons (Fsp3) is 0.619. The van der Waals surface area contributed by atoms with E-state index in [1.165, 1.54) is 24.8 Å². The number of piperidine rings is 2. The second-order valence-electron chi connectivity index (χ2n) is 8.08. The van der Waals surface area contributed by atoms with Gasteiger partial charge in [-0.15, -0.1) is 0 Å². The van der Waals surface area contributed by atoms with Crippen LogP contribution in [0.1, 0.15) is 50.0 Å². The van der Waals surface area contributed by atoms with E-state index in [1.54, 1.807) is 0 Å². The third-order valence-corrected chi connectivity index (χ3v) is 6.60. The number of halogens is 1. The fourth-order valence-electron chi connectivity index (χ4n) is 5.13. The molecule has 0 spiro atoms. The predicted octanol–water partition coefficient (Wildman–Crippen LogP) is 3.54. The van der Waals surface area contributed by atoms with Crippen molar-refractivity contribution in [3.05, 3.63) is 35.6 Å². The van der Waals surface area contributed by atoms with Crippen molar-refractivity contribution in [3.63, 3.8) is 0 Å². The summed E-state index contributed by atoms with van der Waals surface area (Å²) in [6, 6.07) is 7.49. The Labute approximate surface area is 159 Å². The average Bonchev–Trinajstić information content (AvgIpc) is 2.96. The molecule has 0 radical (unpaired) electrons. The number of nitrogens with zero attached hydrogens (tertiary/aromatic N) is 2. The predicted molar refractivity (Wildman–Crippen MR) is 98.7 cm³/mol. The Kier molecular flexibility index (Phi) is 5.06. The molecule has 6 heteroatoms. The number of carbonyl (C=O) groups excluding carboxylic acids is 2. The van der Waals surface area contributed by atoms with Gasteiger partial charge in [-0.25, -0.2) is 9.18 Å². The highest BCUT2D eigenvalue weighted by molar-refractivity contribution is 5.77. The van der Waals surface area contributed by atoms with E-state index in [9.17, 15) is 14.0 Å². The van der Waals surface area contributed by atoms with E-state index in [0.29, 0.717) is 31.8 Å². The van der Waals surface area contributed by atoms with Crippen LogP contribution in [0.15, 0.2) is 24.3 Å². The average molecular weight is 374 g/mol. The second kappa shape index (κ2) is 7.49. The summed E-state index contributed by atoms with van der Waals surface area (Å²) in [5.74, 6) is -0.0517. The Morgan fingerprint density at radius 1 is 1.00 bits per heavy atom. The molecule has 3 fully saturated rings. The Morgan fingerprint density at radius 2 is 1.59 bits per heavy atom. The molecule has 0 aliphatic carbocycles. The number of methoxy groups -OCH3 is 1.